The van der Waals surface area contributed by atoms with Crippen molar-refractivity contribution < 1.29 is 4.79 Å². The summed E-state index contributed by atoms with van der Waals surface area (Å²) in [6, 6.07) is 8.34. The molecule has 1 aromatic carbocycles. The number of thioether (sulfide) groups is 1. The molecule has 4 heteroatoms. The Morgan fingerprint density at radius 3 is 3.10 bits per heavy atom. The van der Waals surface area contributed by atoms with E-state index in [0.717, 1.165) is 38.4 Å². The third-order valence-corrected chi connectivity index (χ3v) is 5.51. The molecular formula is C16H22N2OS. The molecule has 108 valence electrons. The number of amides is 1. The highest BCUT2D eigenvalue weighted by molar-refractivity contribution is 8.01. The first-order chi connectivity index (χ1) is 9.83. The van der Waals surface area contributed by atoms with Crippen molar-refractivity contribution in [2.75, 3.05) is 19.6 Å². The zero-order chi connectivity index (χ0) is 13.8. The lowest BCUT2D eigenvalue weighted by Crippen LogP contribution is -2.36. The molecule has 0 aliphatic carbocycles. The zero-order valence-corrected chi connectivity index (χ0v) is 12.5. The first kappa shape index (κ1) is 14.0. The van der Waals surface area contributed by atoms with Gasteiger partial charge in [-0.05, 0) is 56.3 Å². The van der Waals surface area contributed by atoms with E-state index in [2.05, 4.69) is 28.8 Å². The molecule has 1 fully saturated rings. The van der Waals surface area contributed by atoms with Crippen molar-refractivity contribution in [2.24, 2.45) is 5.92 Å². The molecule has 0 radical (unpaired) electrons. The minimum absolute atomic E-state index is 0.0666. The fourth-order valence-corrected chi connectivity index (χ4v) is 4.23. The standard InChI is InChI=1S/C16H22N2OS/c19-16(18-9-7-12-4-3-8-17-11-12)15-10-13-5-1-2-6-14(13)20-15/h1-2,5-6,12,15,17H,3-4,7-11H2,(H,18,19). The van der Waals surface area contributed by atoms with Gasteiger partial charge in [-0.2, -0.15) is 0 Å². The minimum Gasteiger partial charge on any atom is -0.355 e. The molecule has 1 amide bonds. The van der Waals surface area contributed by atoms with Crippen LogP contribution in [0.4, 0.5) is 0 Å². The third kappa shape index (κ3) is 3.36. The van der Waals surface area contributed by atoms with Gasteiger partial charge in [0, 0.05) is 11.4 Å². The first-order valence-electron chi connectivity index (χ1n) is 7.56. The lowest BCUT2D eigenvalue weighted by atomic mass is 9.96. The van der Waals surface area contributed by atoms with Crippen molar-refractivity contribution in [2.45, 2.75) is 35.8 Å². The van der Waals surface area contributed by atoms with Crippen LogP contribution >= 0.6 is 11.8 Å². The van der Waals surface area contributed by atoms with Gasteiger partial charge in [0.15, 0.2) is 0 Å². The van der Waals surface area contributed by atoms with Crippen LogP contribution in [0, 0.1) is 5.92 Å². The van der Waals surface area contributed by atoms with E-state index in [-0.39, 0.29) is 11.2 Å². The zero-order valence-electron chi connectivity index (χ0n) is 11.7. The predicted octanol–water partition coefficient (Wildman–Crippen LogP) is 2.21. The van der Waals surface area contributed by atoms with Crippen molar-refractivity contribution in [1.29, 1.82) is 0 Å². The van der Waals surface area contributed by atoms with Crippen LogP contribution < -0.4 is 10.6 Å². The number of carbonyl (C=O) groups is 1. The molecule has 2 aliphatic rings. The third-order valence-electron chi connectivity index (χ3n) is 4.19. The lowest BCUT2D eigenvalue weighted by Gasteiger charge is -2.22. The van der Waals surface area contributed by atoms with Crippen LogP contribution in [0.3, 0.4) is 0 Å². The van der Waals surface area contributed by atoms with Crippen LogP contribution in [-0.2, 0) is 11.2 Å². The molecule has 0 bridgehead atoms. The normalized spacial score (nSPS) is 25.2. The number of nitrogens with one attached hydrogen (secondary N) is 2. The van der Waals surface area contributed by atoms with Gasteiger partial charge in [0.25, 0.3) is 0 Å². The summed E-state index contributed by atoms with van der Waals surface area (Å²) in [4.78, 5) is 13.5. The highest BCUT2D eigenvalue weighted by Gasteiger charge is 2.27. The maximum absolute atomic E-state index is 12.2. The topological polar surface area (TPSA) is 41.1 Å². The Kier molecular flexibility index (Phi) is 4.63. The van der Waals surface area contributed by atoms with Gasteiger partial charge in [0.2, 0.25) is 5.91 Å². The summed E-state index contributed by atoms with van der Waals surface area (Å²) in [7, 11) is 0. The number of carbonyl (C=O) groups excluding carboxylic acids is 1. The second-order valence-electron chi connectivity index (χ2n) is 5.71. The van der Waals surface area contributed by atoms with Crippen LogP contribution in [0.25, 0.3) is 0 Å². The fourth-order valence-electron chi connectivity index (χ4n) is 3.01. The number of benzene rings is 1. The number of hydrogen-bond acceptors (Lipinski definition) is 3. The molecule has 0 spiro atoms. The summed E-state index contributed by atoms with van der Waals surface area (Å²) in [5.41, 5.74) is 1.31. The highest BCUT2D eigenvalue weighted by Crippen LogP contribution is 2.36. The predicted molar refractivity (Wildman–Crippen MR) is 83.0 cm³/mol. The summed E-state index contributed by atoms with van der Waals surface area (Å²) < 4.78 is 0. The molecule has 20 heavy (non-hydrogen) atoms. The quantitative estimate of drug-likeness (QED) is 0.893. The molecule has 2 aliphatic heterocycles. The van der Waals surface area contributed by atoms with Gasteiger partial charge >= 0.3 is 0 Å². The fraction of sp³-hybridized carbons (Fsp3) is 0.562. The second kappa shape index (κ2) is 6.64. The number of hydrogen-bond donors (Lipinski definition) is 2. The van der Waals surface area contributed by atoms with Gasteiger partial charge in [-0.1, -0.05) is 18.2 Å². The summed E-state index contributed by atoms with van der Waals surface area (Å²) in [5, 5.41) is 6.61. The number of piperidine rings is 1. The minimum atomic E-state index is 0.0666. The maximum atomic E-state index is 12.2. The van der Waals surface area contributed by atoms with Crippen molar-refractivity contribution >= 4 is 17.7 Å². The van der Waals surface area contributed by atoms with E-state index in [0.29, 0.717) is 0 Å². The van der Waals surface area contributed by atoms with E-state index in [9.17, 15) is 4.79 Å². The van der Waals surface area contributed by atoms with Crippen LogP contribution in [0.1, 0.15) is 24.8 Å². The molecule has 0 saturated carbocycles. The van der Waals surface area contributed by atoms with Crippen LogP contribution in [0.2, 0.25) is 0 Å². The molecule has 2 atom stereocenters. The van der Waals surface area contributed by atoms with E-state index in [1.807, 2.05) is 6.07 Å². The Morgan fingerprint density at radius 2 is 2.30 bits per heavy atom. The van der Waals surface area contributed by atoms with E-state index in [4.69, 9.17) is 0 Å². The van der Waals surface area contributed by atoms with Gasteiger partial charge in [-0.25, -0.2) is 0 Å². The number of rotatable bonds is 4. The van der Waals surface area contributed by atoms with E-state index in [1.54, 1.807) is 11.8 Å². The molecular weight excluding hydrogens is 268 g/mol. The average molecular weight is 290 g/mol. The van der Waals surface area contributed by atoms with Gasteiger partial charge in [0.05, 0.1) is 5.25 Å². The highest BCUT2D eigenvalue weighted by atomic mass is 32.2. The van der Waals surface area contributed by atoms with Gasteiger partial charge in [-0.15, -0.1) is 11.8 Å². The monoisotopic (exact) mass is 290 g/mol. The second-order valence-corrected chi connectivity index (χ2v) is 6.95. The summed E-state index contributed by atoms with van der Waals surface area (Å²) in [5.74, 6) is 0.937. The Balaban J connectivity index is 1.42. The SMILES string of the molecule is O=C(NCCC1CCCNC1)C1Cc2ccccc2S1. The summed E-state index contributed by atoms with van der Waals surface area (Å²) in [6.07, 6.45) is 4.54. The van der Waals surface area contributed by atoms with Gasteiger partial charge < -0.3 is 10.6 Å². The van der Waals surface area contributed by atoms with E-state index >= 15 is 0 Å². The molecule has 0 aromatic heterocycles. The molecule has 3 nitrogen and oxygen atoms in total. The van der Waals surface area contributed by atoms with Crippen LogP contribution in [0.15, 0.2) is 29.2 Å². The lowest BCUT2D eigenvalue weighted by molar-refractivity contribution is -0.120. The smallest absolute Gasteiger partial charge is 0.233 e. The molecule has 1 saturated heterocycles. The summed E-state index contributed by atoms with van der Waals surface area (Å²) in [6.45, 7) is 3.08. The first-order valence-corrected chi connectivity index (χ1v) is 8.44. The van der Waals surface area contributed by atoms with E-state index < -0.39 is 0 Å². The Morgan fingerprint density at radius 1 is 1.40 bits per heavy atom. The Labute approximate surface area is 124 Å². The molecule has 2 unspecified atom stereocenters. The average Bonchev–Trinajstić information content (AvgIpc) is 2.92. The molecule has 3 rings (SSSR count). The van der Waals surface area contributed by atoms with Crippen molar-refractivity contribution in [3.63, 3.8) is 0 Å². The number of fused-ring (bicyclic) bond motifs is 1. The molecule has 2 N–H and O–H groups in total. The van der Waals surface area contributed by atoms with Crippen molar-refractivity contribution in [1.82, 2.24) is 10.6 Å². The molecule has 2 heterocycles. The Bertz CT molecular complexity index is 446. The maximum Gasteiger partial charge on any atom is 0.233 e. The summed E-state index contributed by atoms with van der Waals surface area (Å²) >= 11 is 1.71. The van der Waals surface area contributed by atoms with Gasteiger partial charge in [0.1, 0.15) is 0 Å². The van der Waals surface area contributed by atoms with Gasteiger partial charge in [-0.3, -0.25) is 4.79 Å². The van der Waals surface area contributed by atoms with Crippen molar-refractivity contribution in [3.05, 3.63) is 29.8 Å². The van der Waals surface area contributed by atoms with Crippen LogP contribution in [0.5, 0.6) is 0 Å². The molecule has 1 aromatic rings. The van der Waals surface area contributed by atoms with E-state index in [1.165, 1.54) is 23.3 Å². The Hall–Kier alpha value is -1.00. The van der Waals surface area contributed by atoms with Crippen molar-refractivity contribution in [3.8, 4) is 0 Å². The van der Waals surface area contributed by atoms with Crippen LogP contribution in [-0.4, -0.2) is 30.8 Å². The largest absolute Gasteiger partial charge is 0.355 e.